The molecular weight excluding hydrogens is 220 g/mol. The van der Waals surface area contributed by atoms with Crippen molar-refractivity contribution in [3.05, 3.63) is 36.2 Å². The second-order valence-corrected chi connectivity index (χ2v) is 3.51. The van der Waals surface area contributed by atoms with Crippen LogP contribution >= 0.6 is 0 Å². The number of aliphatic hydroxyl groups excluding tert-OH is 1. The minimum Gasteiger partial charge on any atom is -0.495 e. The summed E-state index contributed by atoms with van der Waals surface area (Å²) in [4.78, 5) is 5.90. The van der Waals surface area contributed by atoms with Crippen LogP contribution in [0.1, 0.15) is 5.69 Å². The zero-order chi connectivity index (χ0) is 12.3. The molecule has 0 spiro atoms. The van der Waals surface area contributed by atoms with Crippen LogP contribution in [0.4, 0.5) is 11.7 Å². The van der Waals surface area contributed by atoms with Gasteiger partial charge in [-0.2, -0.15) is 4.98 Å². The van der Waals surface area contributed by atoms with E-state index in [0.29, 0.717) is 11.7 Å². The number of anilines is 2. The van der Waals surface area contributed by atoms with Crippen LogP contribution < -0.4 is 9.64 Å². The van der Waals surface area contributed by atoms with E-state index in [0.717, 1.165) is 11.4 Å². The molecule has 0 amide bonds. The first kappa shape index (κ1) is 11.5. The van der Waals surface area contributed by atoms with Gasteiger partial charge in [0.25, 0.3) is 0 Å². The van der Waals surface area contributed by atoms with E-state index in [9.17, 15) is 0 Å². The average Bonchev–Trinajstić information content (AvgIpc) is 2.86. The highest BCUT2D eigenvalue weighted by atomic mass is 16.5. The van der Waals surface area contributed by atoms with Crippen molar-refractivity contribution in [2.75, 3.05) is 19.1 Å². The lowest BCUT2D eigenvalue weighted by Crippen LogP contribution is -2.11. The Hall–Kier alpha value is -2.01. The van der Waals surface area contributed by atoms with Crippen molar-refractivity contribution in [3.63, 3.8) is 0 Å². The maximum atomic E-state index is 8.94. The summed E-state index contributed by atoms with van der Waals surface area (Å²) < 4.78 is 10.5. The van der Waals surface area contributed by atoms with Crippen LogP contribution in [0.5, 0.6) is 5.75 Å². The number of methoxy groups -OCH3 is 1. The lowest BCUT2D eigenvalue weighted by atomic mass is 10.3. The standard InChI is InChI=1S/C12H14N2O3/c1-14(12-13-9(7-15)8-17-12)10-5-3-4-6-11(10)16-2/h3-6,8,15H,7H2,1-2H3. The number of benzene rings is 1. The highest BCUT2D eigenvalue weighted by Crippen LogP contribution is 2.31. The first-order valence-electron chi connectivity index (χ1n) is 5.18. The summed E-state index contributed by atoms with van der Waals surface area (Å²) >= 11 is 0. The summed E-state index contributed by atoms with van der Waals surface area (Å²) in [6.07, 6.45) is 1.43. The minimum absolute atomic E-state index is 0.136. The molecule has 0 bridgehead atoms. The number of para-hydroxylation sites is 2. The Morgan fingerprint density at radius 1 is 1.41 bits per heavy atom. The molecular formula is C12H14N2O3. The fraction of sp³-hybridized carbons (Fsp3) is 0.250. The van der Waals surface area contributed by atoms with Crippen LogP contribution in [-0.4, -0.2) is 24.2 Å². The molecule has 5 nitrogen and oxygen atoms in total. The third kappa shape index (κ3) is 2.24. The van der Waals surface area contributed by atoms with Crippen LogP contribution in [-0.2, 0) is 6.61 Å². The van der Waals surface area contributed by atoms with Crippen molar-refractivity contribution in [1.82, 2.24) is 4.98 Å². The van der Waals surface area contributed by atoms with Crippen LogP contribution in [0.15, 0.2) is 34.9 Å². The molecule has 0 aliphatic rings. The fourth-order valence-electron chi connectivity index (χ4n) is 1.53. The van der Waals surface area contributed by atoms with Crippen LogP contribution in [0.3, 0.4) is 0 Å². The first-order valence-corrected chi connectivity index (χ1v) is 5.18. The van der Waals surface area contributed by atoms with Gasteiger partial charge in [0.1, 0.15) is 17.7 Å². The van der Waals surface area contributed by atoms with E-state index >= 15 is 0 Å². The highest BCUT2D eigenvalue weighted by molar-refractivity contribution is 5.63. The van der Waals surface area contributed by atoms with Gasteiger partial charge in [-0.3, -0.25) is 4.90 Å². The van der Waals surface area contributed by atoms with Crippen molar-refractivity contribution >= 4 is 11.7 Å². The van der Waals surface area contributed by atoms with Gasteiger partial charge in [0.05, 0.1) is 19.4 Å². The molecule has 0 saturated heterocycles. The summed E-state index contributed by atoms with van der Waals surface area (Å²) in [5.41, 5.74) is 1.35. The number of ether oxygens (including phenoxy) is 1. The summed E-state index contributed by atoms with van der Waals surface area (Å²) in [5, 5.41) is 8.94. The molecule has 1 aromatic carbocycles. The molecule has 0 aliphatic carbocycles. The lowest BCUT2D eigenvalue weighted by molar-refractivity contribution is 0.276. The molecule has 2 rings (SSSR count). The van der Waals surface area contributed by atoms with E-state index in [4.69, 9.17) is 14.3 Å². The number of rotatable bonds is 4. The molecule has 0 radical (unpaired) electrons. The molecule has 1 heterocycles. The van der Waals surface area contributed by atoms with Crippen molar-refractivity contribution in [1.29, 1.82) is 0 Å². The van der Waals surface area contributed by atoms with E-state index in [1.165, 1.54) is 6.26 Å². The van der Waals surface area contributed by atoms with Gasteiger partial charge in [-0.25, -0.2) is 0 Å². The van der Waals surface area contributed by atoms with Crippen LogP contribution in [0, 0.1) is 0 Å². The molecule has 90 valence electrons. The molecule has 2 aromatic rings. The largest absolute Gasteiger partial charge is 0.495 e. The highest BCUT2D eigenvalue weighted by Gasteiger charge is 2.14. The fourth-order valence-corrected chi connectivity index (χ4v) is 1.53. The topological polar surface area (TPSA) is 58.7 Å². The van der Waals surface area contributed by atoms with Gasteiger partial charge in [0, 0.05) is 7.05 Å². The number of oxazole rings is 1. The smallest absolute Gasteiger partial charge is 0.301 e. The third-order valence-electron chi connectivity index (χ3n) is 2.44. The van der Waals surface area contributed by atoms with E-state index in [-0.39, 0.29) is 6.61 Å². The molecule has 0 fully saturated rings. The van der Waals surface area contributed by atoms with Crippen molar-refractivity contribution in [2.45, 2.75) is 6.61 Å². The summed E-state index contributed by atoms with van der Waals surface area (Å²) in [7, 11) is 3.44. The SMILES string of the molecule is COc1ccccc1N(C)c1nc(CO)co1. The van der Waals surface area contributed by atoms with Crippen molar-refractivity contribution in [3.8, 4) is 5.75 Å². The predicted octanol–water partition coefficient (Wildman–Crippen LogP) is 1.94. The van der Waals surface area contributed by atoms with Crippen LogP contribution in [0.2, 0.25) is 0 Å². The Morgan fingerprint density at radius 3 is 2.82 bits per heavy atom. The quantitative estimate of drug-likeness (QED) is 0.876. The predicted molar refractivity (Wildman–Crippen MR) is 63.5 cm³/mol. The summed E-state index contributed by atoms with van der Waals surface area (Å²) in [6.45, 7) is -0.136. The van der Waals surface area contributed by atoms with E-state index in [1.54, 1.807) is 12.0 Å². The second-order valence-electron chi connectivity index (χ2n) is 3.51. The molecule has 5 heteroatoms. The molecule has 1 N–H and O–H groups in total. The molecule has 0 atom stereocenters. The number of aliphatic hydroxyl groups is 1. The Kier molecular flexibility index (Phi) is 3.30. The first-order chi connectivity index (χ1) is 8.26. The Bertz CT molecular complexity index is 496. The Balaban J connectivity index is 2.32. The van der Waals surface area contributed by atoms with Crippen molar-refractivity contribution in [2.24, 2.45) is 0 Å². The molecule has 1 aromatic heterocycles. The summed E-state index contributed by atoms with van der Waals surface area (Å²) in [5.74, 6) is 0.735. The molecule has 17 heavy (non-hydrogen) atoms. The van der Waals surface area contributed by atoms with Gasteiger partial charge in [-0.05, 0) is 12.1 Å². The Labute approximate surface area is 99.3 Å². The zero-order valence-corrected chi connectivity index (χ0v) is 9.75. The number of aromatic nitrogens is 1. The van der Waals surface area contributed by atoms with E-state index in [2.05, 4.69) is 4.98 Å². The monoisotopic (exact) mass is 234 g/mol. The number of nitrogens with zero attached hydrogens (tertiary/aromatic N) is 2. The van der Waals surface area contributed by atoms with Crippen LogP contribution in [0.25, 0.3) is 0 Å². The average molecular weight is 234 g/mol. The Morgan fingerprint density at radius 2 is 2.18 bits per heavy atom. The molecule has 0 unspecified atom stereocenters. The molecule has 0 saturated carbocycles. The van der Waals surface area contributed by atoms with Gasteiger partial charge in [0.2, 0.25) is 0 Å². The number of hydrogen-bond acceptors (Lipinski definition) is 5. The lowest BCUT2D eigenvalue weighted by Gasteiger charge is -2.17. The summed E-state index contributed by atoms with van der Waals surface area (Å²) in [6, 6.07) is 7.98. The number of hydrogen-bond donors (Lipinski definition) is 1. The molecule has 0 aliphatic heterocycles. The van der Waals surface area contributed by atoms with Gasteiger partial charge in [-0.15, -0.1) is 0 Å². The van der Waals surface area contributed by atoms with Crippen molar-refractivity contribution < 1.29 is 14.3 Å². The maximum absolute atomic E-state index is 8.94. The van der Waals surface area contributed by atoms with Gasteiger partial charge >= 0.3 is 6.01 Å². The normalized spacial score (nSPS) is 10.3. The second kappa shape index (κ2) is 4.88. The maximum Gasteiger partial charge on any atom is 0.301 e. The van der Waals surface area contributed by atoms with Gasteiger partial charge in [-0.1, -0.05) is 12.1 Å². The minimum atomic E-state index is -0.136. The van der Waals surface area contributed by atoms with Gasteiger partial charge in [0.15, 0.2) is 0 Å². The van der Waals surface area contributed by atoms with E-state index in [1.807, 2.05) is 31.3 Å². The third-order valence-corrected chi connectivity index (χ3v) is 2.44. The van der Waals surface area contributed by atoms with E-state index < -0.39 is 0 Å². The zero-order valence-electron chi connectivity index (χ0n) is 9.75. The van der Waals surface area contributed by atoms with Gasteiger partial charge < -0.3 is 14.3 Å².